The van der Waals surface area contributed by atoms with E-state index in [-0.39, 0.29) is 31.3 Å². The highest BCUT2D eigenvalue weighted by Gasteiger charge is 2.37. The molecule has 1 saturated carbocycles. The van der Waals surface area contributed by atoms with E-state index < -0.39 is 7.60 Å². The molecule has 6 heteroatoms. The Morgan fingerprint density at radius 3 is 2.16 bits per heavy atom. The lowest BCUT2D eigenvalue weighted by atomic mass is 10.0. The third-order valence-electron chi connectivity index (χ3n) is 4.29. The van der Waals surface area contributed by atoms with Gasteiger partial charge in [0.1, 0.15) is 6.16 Å². The summed E-state index contributed by atoms with van der Waals surface area (Å²) in [6, 6.07) is 8.61. The lowest BCUT2D eigenvalue weighted by Gasteiger charge is -2.25. The van der Waals surface area contributed by atoms with Gasteiger partial charge < -0.3 is 13.9 Å². The molecule has 1 aliphatic rings. The van der Waals surface area contributed by atoms with E-state index in [1.54, 1.807) is 13.8 Å². The van der Waals surface area contributed by atoms with Crippen molar-refractivity contribution >= 4 is 13.5 Å². The lowest BCUT2D eigenvalue weighted by Crippen LogP contribution is -2.35. The molecule has 140 valence electrons. The van der Waals surface area contributed by atoms with Crippen molar-refractivity contribution in [1.29, 1.82) is 0 Å². The fraction of sp³-hybridized carbons (Fsp3) is 0.632. The fourth-order valence-corrected chi connectivity index (χ4v) is 4.35. The number of carbonyl (C=O) groups excluding carboxylic acids is 1. The van der Waals surface area contributed by atoms with Gasteiger partial charge in [-0.05, 0) is 43.7 Å². The van der Waals surface area contributed by atoms with Crippen LogP contribution in [0.25, 0.3) is 0 Å². The highest BCUT2D eigenvalue weighted by Crippen LogP contribution is 2.48. The molecule has 2 rings (SSSR count). The predicted octanol–water partition coefficient (Wildman–Crippen LogP) is 4.57. The first-order valence-corrected chi connectivity index (χ1v) is 10.9. The number of carbonyl (C=O) groups is 1. The summed E-state index contributed by atoms with van der Waals surface area (Å²) >= 11 is 0. The Morgan fingerprint density at radius 1 is 1.16 bits per heavy atom. The van der Waals surface area contributed by atoms with Gasteiger partial charge in [0, 0.05) is 12.6 Å². The van der Waals surface area contributed by atoms with Crippen LogP contribution in [0, 0.1) is 0 Å². The van der Waals surface area contributed by atoms with E-state index in [0.29, 0.717) is 12.5 Å². The van der Waals surface area contributed by atoms with Gasteiger partial charge in [0.25, 0.3) is 0 Å². The first-order chi connectivity index (χ1) is 11.9. The van der Waals surface area contributed by atoms with Gasteiger partial charge >= 0.3 is 7.60 Å². The molecule has 0 saturated heterocycles. The third kappa shape index (κ3) is 5.95. The van der Waals surface area contributed by atoms with E-state index >= 15 is 0 Å². The van der Waals surface area contributed by atoms with E-state index in [9.17, 15) is 9.36 Å². The molecule has 1 fully saturated rings. The number of hydrogen-bond acceptors (Lipinski definition) is 4. The Hall–Kier alpha value is -1.16. The van der Waals surface area contributed by atoms with Crippen molar-refractivity contribution in [1.82, 2.24) is 4.90 Å². The smallest absolute Gasteiger partial charge is 0.335 e. The third-order valence-corrected chi connectivity index (χ3v) is 6.25. The van der Waals surface area contributed by atoms with Crippen LogP contribution in [-0.2, 0) is 25.0 Å². The molecule has 0 heterocycles. The number of benzene rings is 1. The molecule has 0 spiro atoms. The Kier molecular flexibility index (Phi) is 7.24. The predicted molar refractivity (Wildman–Crippen MR) is 99.8 cm³/mol. The number of rotatable bonds is 10. The zero-order valence-electron chi connectivity index (χ0n) is 15.7. The molecule has 5 nitrogen and oxygen atoms in total. The van der Waals surface area contributed by atoms with Gasteiger partial charge in [0.2, 0.25) is 5.91 Å². The molecule has 0 aromatic heterocycles. The zero-order chi connectivity index (χ0) is 18.4. The molecule has 1 aliphatic carbocycles. The minimum atomic E-state index is -3.36. The average Bonchev–Trinajstić information content (AvgIpc) is 3.37. The van der Waals surface area contributed by atoms with E-state index in [2.05, 4.69) is 38.1 Å². The summed E-state index contributed by atoms with van der Waals surface area (Å²) in [5.74, 6) is 0.333. The second-order valence-electron chi connectivity index (χ2n) is 6.75. The van der Waals surface area contributed by atoms with Crippen LogP contribution in [0.5, 0.6) is 0 Å². The molecule has 0 bridgehead atoms. The van der Waals surface area contributed by atoms with Crippen LogP contribution in [0.3, 0.4) is 0 Å². The van der Waals surface area contributed by atoms with Crippen molar-refractivity contribution in [2.24, 2.45) is 0 Å². The second kappa shape index (κ2) is 8.98. The molecule has 0 atom stereocenters. The maximum atomic E-state index is 12.8. The molecular weight excluding hydrogens is 337 g/mol. The maximum absolute atomic E-state index is 12.8. The summed E-state index contributed by atoms with van der Waals surface area (Å²) in [5.41, 5.74) is 2.37. The SMILES string of the molecule is CCOP(=O)(CC(=O)N(Cc1ccc(C(C)C)cc1)C1CC1)OCC. The average molecular weight is 367 g/mol. The first kappa shape index (κ1) is 20.2. The van der Waals surface area contributed by atoms with Gasteiger partial charge in [-0.2, -0.15) is 0 Å². The molecule has 0 aliphatic heterocycles. The van der Waals surface area contributed by atoms with Crippen LogP contribution < -0.4 is 0 Å². The summed E-state index contributed by atoms with van der Waals surface area (Å²) in [4.78, 5) is 14.6. The van der Waals surface area contributed by atoms with Crippen LogP contribution in [0.4, 0.5) is 0 Å². The Bertz CT molecular complexity index is 600. The van der Waals surface area contributed by atoms with Gasteiger partial charge in [0.05, 0.1) is 13.2 Å². The van der Waals surface area contributed by atoms with Crippen molar-refractivity contribution in [2.75, 3.05) is 19.4 Å². The summed E-state index contributed by atoms with van der Waals surface area (Å²) in [5, 5.41) is 0. The molecule has 1 amide bonds. The highest BCUT2D eigenvalue weighted by molar-refractivity contribution is 7.54. The Balaban J connectivity index is 2.06. The quantitative estimate of drug-likeness (QED) is 0.569. The Labute approximate surface area is 151 Å². The molecule has 25 heavy (non-hydrogen) atoms. The van der Waals surface area contributed by atoms with Gasteiger partial charge in [-0.3, -0.25) is 9.36 Å². The van der Waals surface area contributed by atoms with E-state index in [4.69, 9.17) is 9.05 Å². The van der Waals surface area contributed by atoms with Crippen molar-refractivity contribution < 1.29 is 18.4 Å². The minimum absolute atomic E-state index is 0.152. The summed E-state index contributed by atoms with van der Waals surface area (Å²) in [6.07, 6.45) is 1.82. The Morgan fingerprint density at radius 2 is 1.72 bits per heavy atom. The van der Waals surface area contributed by atoms with Crippen LogP contribution >= 0.6 is 7.60 Å². The monoisotopic (exact) mass is 367 g/mol. The van der Waals surface area contributed by atoms with E-state index in [0.717, 1.165) is 18.4 Å². The van der Waals surface area contributed by atoms with E-state index in [1.165, 1.54) is 5.56 Å². The number of amides is 1. The topological polar surface area (TPSA) is 55.8 Å². The number of hydrogen-bond donors (Lipinski definition) is 0. The van der Waals surface area contributed by atoms with Crippen LogP contribution in [0.2, 0.25) is 0 Å². The van der Waals surface area contributed by atoms with Gasteiger partial charge in [-0.15, -0.1) is 0 Å². The maximum Gasteiger partial charge on any atom is 0.340 e. The largest absolute Gasteiger partial charge is 0.340 e. The second-order valence-corrected chi connectivity index (χ2v) is 8.81. The molecular formula is C19H30NO4P. The van der Waals surface area contributed by atoms with Crippen LogP contribution in [-0.4, -0.2) is 36.2 Å². The number of nitrogens with zero attached hydrogens (tertiary/aromatic N) is 1. The lowest BCUT2D eigenvalue weighted by molar-refractivity contribution is -0.129. The molecule has 0 unspecified atom stereocenters. The van der Waals surface area contributed by atoms with Crippen LogP contribution in [0.1, 0.15) is 57.6 Å². The normalized spacial score (nSPS) is 14.8. The van der Waals surface area contributed by atoms with Crippen molar-refractivity contribution in [2.45, 2.75) is 59.0 Å². The van der Waals surface area contributed by atoms with Gasteiger partial charge in [0.15, 0.2) is 0 Å². The fourth-order valence-electron chi connectivity index (χ4n) is 2.79. The van der Waals surface area contributed by atoms with Crippen LogP contribution in [0.15, 0.2) is 24.3 Å². The molecule has 1 aromatic carbocycles. The van der Waals surface area contributed by atoms with Crippen molar-refractivity contribution in [3.8, 4) is 0 Å². The van der Waals surface area contributed by atoms with Crippen molar-refractivity contribution in [3.05, 3.63) is 35.4 Å². The first-order valence-electron chi connectivity index (χ1n) is 9.15. The summed E-state index contributed by atoms with van der Waals surface area (Å²) in [6.45, 7) is 8.91. The molecule has 0 radical (unpaired) electrons. The van der Waals surface area contributed by atoms with E-state index in [1.807, 2.05) is 4.90 Å². The van der Waals surface area contributed by atoms with Gasteiger partial charge in [-0.25, -0.2) is 0 Å². The minimum Gasteiger partial charge on any atom is -0.335 e. The standard InChI is InChI=1S/C19H30NO4P/c1-5-23-25(22,24-6-2)14-19(21)20(18-11-12-18)13-16-7-9-17(10-8-16)15(3)4/h7-10,15,18H,5-6,11-14H2,1-4H3. The van der Waals surface area contributed by atoms with Gasteiger partial charge in [-0.1, -0.05) is 38.1 Å². The molecule has 0 N–H and O–H groups in total. The highest BCUT2D eigenvalue weighted by atomic mass is 31.2. The summed E-state index contributed by atoms with van der Waals surface area (Å²) < 4.78 is 23.2. The summed E-state index contributed by atoms with van der Waals surface area (Å²) in [7, 11) is -3.36. The van der Waals surface area contributed by atoms with Crippen molar-refractivity contribution in [3.63, 3.8) is 0 Å². The zero-order valence-corrected chi connectivity index (χ0v) is 16.6. The molecule has 1 aromatic rings.